The summed E-state index contributed by atoms with van der Waals surface area (Å²) in [7, 11) is 1.52. The van der Waals surface area contributed by atoms with Crippen molar-refractivity contribution in [2.24, 2.45) is 5.73 Å². The molecule has 88 valence electrons. The average Bonchev–Trinajstić information content (AvgIpc) is 2.22. The molecule has 0 saturated carbocycles. The van der Waals surface area contributed by atoms with Gasteiger partial charge in [0, 0.05) is 17.6 Å². The second-order valence-electron chi connectivity index (χ2n) is 3.15. The third-order valence-corrected chi connectivity index (χ3v) is 2.58. The van der Waals surface area contributed by atoms with Gasteiger partial charge in [-0.3, -0.25) is 4.79 Å². The van der Waals surface area contributed by atoms with Crippen LogP contribution in [0.3, 0.4) is 0 Å². The maximum absolute atomic E-state index is 10.5. The van der Waals surface area contributed by atoms with Gasteiger partial charge in [0.25, 0.3) is 0 Å². The normalized spacial score (nSPS) is 10.2. The number of nitrogens with one attached hydrogen (secondary N) is 1. The second-order valence-corrected chi connectivity index (χ2v) is 3.96. The molecule has 1 aromatic carbocycles. The molecule has 0 heterocycles. The molecule has 0 unspecified atom stereocenters. The van der Waals surface area contributed by atoms with Crippen LogP contribution in [0.1, 0.15) is 5.56 Å². The number of methoxy groups -OCH3 is 1. The Kier molecular flexibility index (Phi) is 4.86. The highest BCUT2D eigenvalue weighted by Crippen LogP contribution is 2.30. The van der Waals surface area contributed by atoms with E-state index in [1.165, 1.54) is 7.11 Å². The van der Waals surface area contributed by atoms with E-state index in [1.807, 2.05) is 0 Å². The van der Waals surface area contributed by atoms with Crippen molar-refractivity contribution in [2.75, 3.05) is 13.7 Å². The van der Waals surface area contributed by atoms with Gasteiger partial charge in [-0.2, -0.15) is 0 Å². The molecule has 0 saturated heterocycles. The Bertz CT molecular complexity index is 397. The molecule has 4 nitrogen and oxygen atoms in total. The van der Waals surface area contributed by atoms with Gasteiger partial charge in [-0.1, -0.05) is 23.2 Å². The lowest BCUT2D eigenvalue weighted by Gasteiger charge is -2.09. The fourth-order valence-electron chi connectivity index (χ4n) is 1.18. The first-order valence-corrected chi connectivity index (χ1v) is 5.31. The molecule has 0 aromatic heterocycles. The molecule has 0 atom stereocenters. The largest absolute Gasteiger partial charge is 0.495 e. The molecular weight excluding hydrogens is 251 g/mol. The predicted molar refractivity (Wildman–Crippen MR) is 63.9 cm³/mol. The van der Waals surface area contributed by atoms with Crippen molar-refractivity contribution in [1.29, 1.82) is 0 Å². The number of amides is 1. The third-order valence-electron chi connectivity index (χ3n) is 1.94. The number of hydrogen-bond acceptors (Lipinski definition) is 3. The lowest BCUT2D eigenvalue weighted by atomic mass is 10.2. The second kappa shape index (κ2) is 5.94. The first-order chi connectivity index (χ1) is 7.54. The quantitative estimate of drug-likeness (QED) is 0.847. The Morgan fingerprint density at radius 1 is 1.44 bits per heavy atom. The summed E-state index contributed by atoms with van der Waals surface area (Å²) in [4.78, 5) is 10.5. The highest BCUT2D eigenvalue weighted by atomic mass is 35.5. The summed E-state index contributed by atoms with van der Waals surface area (Å²) in [5.74, 6) is 0.0982. The molecule has 16 heavy (non-hydrogen) atoms. The van der Waals surface area contributed by atoms with Crippen LogP contribution in [-0.2, 0) is 11.3 Å². The third kappa shape index (κ3) is 3.56. The number of benzene rings is 1. The topological polar surface area (TPSA) is 64.3 Å². The van der Waals surface area contributed by atoms with Crippen LogP contribution >= 0.6 is 23.2 Å². The molecule has 0 aliphatic carbocycles. The molecule has 1 amide bonds. The van der Waals surface area contributed by atoms with E-state index in [-0.39, 0.29) is 6.54 Å². The van der Waals surface area contributed by atoms with Gasteiger partial charge in [0.2, 0.25) is 5.91 Å². The highest BCUT2D eigenvalue weighted by molar-refractivity contribution is 6.34. The maximum atomic E-state index is 10.5. The fourth-order valence-corrected chi connectivity index (χ4v) is 1.67. The van der Waals surface area contributed by atoms with E-state index in [0.29, 0.717) is 22.3 Å². The molecule has 0 spiro atoms. The fraction of sp³-hybridized carbons (Fsp3) is 0.300. The van der Waals surface area contributed by atoms with Gasteiger partial charge in [0.15, 0.2) is 0 Å². The van der Waals surface area contributed by atoms with Crippen LogP contribution in [0.5, 0.6) is 5.75 Å². The number of carbonyl (C=O) groups is 1. The van der Waals surface area contributed by atoms with Gasteiger partial charge in [-0.15, -0.1) is 0 Å². The molecular formula is C10H12Cl2N2O2. The van der Waals surface area contributed by atoms with Crippen molar-refractivity contribution in [3.8, 4) is 5.75 Å². The Balaban J connectivity index is 2.73. The number of primary amides is 1. The van der Waals surface area contributed by atoms with E-state index in [1.54, 1.807) is 12.1 Å². The minimum atomic E-state index is -0.421. The number of hydrogen-bond donors (Lipinski definition) is 2. The van der Waals surface area contributed by atoms with E-state index in [2.05, 4.69) is 5.32 Å². The van der Waals surface area contributed by atoms with Crippen molar-refractivity contribution in [2.45, 2.75) is 6.54 Å². The van der Waals surface area contributed by atoms with Crippen molar-refractivity contribution < 1.29 is 9.53 Å². The first-order valence-electron chi connectivity index (χ1n) is 4.55. The lowest BCUT2D eigenvalue weighted by molar-refractivity contribution is -0.117. The van der Waals surface area contributed by atoms with Crippen molar-refractivity contribution in [1.82, 2.24) is 5.32 Å². The van der Waals surface area contributed by atoms with Gasteiger partial charge >= 0.3 is 0 Å². The molecule has 1 aromatic rings. The van der Waals surface area contributed by atoms with Gasteiger partial charge in [0.05, 0.1) is 18.7 Å². The van der Waals surface area contributed by atoms with E-state index in [4.69, 9.17) is 33.7 Å². The van der Waals surface area contributed by atoms with E-state index >= 15 is 0 Å². The van der Waals surface area contributed by atoms with Crippen molar-refractivity contribution in [3.63, 3.8) is 0 Å². The zero-order valence-corrected chi connectivity index (χ0v) is 10.2. The summed E-state index contributed by atoms with van der Waals surface area (Å²) in [5.41, 5.74) is 5.78. The Morgan fingerprint density at radius 3 is 2.69 bits per heavy atom. The first kappa shape index (κ1) is 13.1. The summed E-state index contributed by atoms with van der Waals surface area (Å²) >= 11 is 11.9. The Labute approximate surface area is 104 Å². The lowest BCUT2D eigenvalue weighted by Crippen LogP contribution is -2.28. The SMILES string of the molecule is COc1cc(Cl)c(CNCC(N)=O)cc1Cl. The predicted octanol–water partition coefficient (Wildman–Crippen LogP) is 1.58. The average molecular weight is 263 g/mol. The number of ether oxygens (including phenoxy) is 1. The minimum Gasteiger partial charge on any atom is -0.495 e. The molecule has 3 N–H and O–H groups in total. The summed E-state index contributed by atoms with van der Waals surface area (Å²) in [6.45, 7) is 0.519. The maximum Gasteiger partial charge on any atom is 0.231 e. The standard InChI is InChI=1S/C10H12Cl2N2O2/c1-16-9-3-7(11)6(2-8(9)12)4-14-5-10(13)15/h2-3,14H,4-5H2,1H3,(H2,13,15). The summed E-state index contributed by atoms with van der Waals surface area (Å²) < 4.78 is 5.01. The molecule has 6 heteroatoms. The number of nitrogens with two attached hydrogens (primary N) is 1. The van der Waals surface area contributed by atoms with Gasteiger partial charge < -0.3 is 15.8 Å². The van der Waals surface area contributed by atoms with Crippen LogP contribution in [-0.4, -0.2) is 19.6 Å². The molecule has 0 fully saturated rings. The van der Waals surface area contributed by atoms with Crippen LogP contribution in [0.2, 0.25) is 10.0 Å². The Hall–Kier alpha value is -0.970. The molecule has 0 aliphatic rings. The van der Waals surface area contributed by atoms with Crippen molar-refractivity contribution in [3.05, 3.63) is 27.7 Å². The van der Waals surface area contributed by atoms with Crippen LogP contribution in [0, 0.1) is 0 Å². The van der Waals surface area contributed by atoms with Gasteiger partial charge in [-0.25, -0.2) is 0 Å². The molecule has 0 radical (unpaired) electrons. The zero-order valence-electron chi connectivity index (χ0n) is 8.72. The molecule has 0 bridgehead atoms. The summed E-state index contributed by atoms with van der Waals surface area (Å²) in [5, 5.41) is 3.85. The van der Waals surface area contributed by atoms with Gasteiger partial charge in [-0.05, 0) is 11.6 Å². The summed E-state index contributed by atoms with van der Waals surface area (Å²) in [6.07, 6.45) is 0. The number of carbonyl (C=O) groups excluding carboxylic acids is 1. The van der Waals surface area contributed by atoms with E-state index < -0.39 is 5.91 Å². The summed E-state index contributed by atoms with van der Waals surface area (Å²) in [6, 6.07) is 3.32. The van der Waals surface area contributed by atoms with Crippen LogP contribution in [0.4, 0.5) is 0 Å². The van der Waals surface area contributed by atoms with Crippen LogP contribution < -0.4 is 15.8 Å². The van der Waals surface area contributed by atoms with E-state index in [9.17, 15) is 4.79 Å². The minimum absolute atomic E-state index is 0.0972. The number of rotatable bonds is 5. The van der Waals surface area contributed by atoms with Crippen molar-refractivity contribution >= 4 is 29.1 Å². The number of halogens is 2. The van der Waals surface area contributed by atoms with Crippen LogP contribution in [0.15, 0.2) is 12.1 Å². The molecule has 1 rings (SSSR count). The zero-order chi connectivity index (χ0) is 12.1. The Morgan fingerprint density at radius 2 is 2.12 bits per heavy atom. The smallest absolute Gasteiger partial charge is 0.231 e. The molecule has 0 aliphatic heterocycles. The monoisotopic (exact) mass is 262 g/mol. The van der Waals surface area contributed by atoms with Gasteiger partial charge in [0.1, 0.15) is 5.75 Å². The van der Waals surface area contributed by atoms with E-state index in [0.717, 1.165) is 5.56 Å². The highest BCUT2D eigenvalue weighted by Gasteiger charge is 2.07. The van der Waals surface area contributed by atoms with Crippen LogP contribution in [0.25, 0.3) is 0 Å².